The van der Waals surface area contributed by atoms with Gasteiger partial charge in [-0.1, -0.05) is 17.3 Å². The van der Waals surface area contributed by atoms with E-state index in [9.17, 15) is 22.4 Å². The lowest BCUT2D eigenvalue weighted by molar-refractivity contribution is -0.116. The Morgan fingerprint density at radius 2 is 1.86 bits per heavy atom. The van der Waals surface area contributed by atoms with Crippen LogP contribution in [0.25, 0.3) is 11.0 Å². The number of para-hydroxylation sites is 1. The molecule has 2 aromatic carbocycles. The van der Waals surface area contributed by atoms with E-state index in [2.05, 4.69) is 20.7 Å². The Balaban J connectivity index is 1.46. The predicted molar refractivity (Wildman–Crippen MR) is 93.8 cm³/mol. The highest BCUT2D eigenvalue weighted by atomic mass is 19.2. The summed E-state index contributed by atoms with van der Waals surface area (Å²) in [7, 11) is 0. The van der Waals surface area contributed by atoms with Crippen LogP contribution in [0.15, 0.2) is 42.7 Å². The first-order valence-electron chi connectivity index (χ1n) is 8.35. The molecule has 0 atom stereocenters. The Hall–Kier alpha value is -3.76. The van der Waals surface area contributed by atoms with Gasteiger partial charge in [-0.2, -0.15) is 5.10 Å². The van der Waals surface area contributed by atoms with Gasteiger partial charge in [0.2, 0.25) is 5.91 Å². The lowest BCUT2D eigenvalue weighted by atomic mass is 10.2. The highest BCUT2D eigenvalue weighted by Gasteiger charge is 2.19. The second-order valence-corrected chi connectivity index (χ2v) is 6.16. The minimum Gasteiger partial charge on any atom is -0.322 e. The molecular weight excluding hydrogens is 392 g/mol. The number of halogens is 4. The molecule has 1 N–H and O–H groups in total. The molecule has 0 bridgehead atoms. The fourth-order valence-corrected chi connectivity index (χ4v) is 2.80. The molecular formula is C18H12F4N6O. The fraction of sp³-hybridized carbons (Fsp3) is 0.111. The maximum Gasteiger partial charge on any atom is 0.246 e. The van der Waals surface area contributed by atoms with Crippen molar-refractivity contribution in [2.24, 2.45) is 0 Å². The summed E-state index contributed by atoms with van der Waals surface area (Å²) in [5.74, 6) is -6.66. The number of amides is 1. The first-order chi connectivity index (χ1) is 13.9. The van der Waals surface area contributed by atoms with Gasteiger partial charge in [0.15, 0.2) is 17.5 Å². The van der Waals surface area contributed by atoms with Crippen molar-refractivity contribution in [3.05, 3.63) is 71.6 Å². The molecule has 29 heavy (non-hydrogen) atoms. The van der Waals surface area contributed by atoms with Crippen molar-refractivity contribution < 1.29 is 22.4 Å². The minimum atomic E-state index is -1.76. The van der Waals surface area contributed by atoms with Crippen LogP contribution in [-0.4, -0.2) is 30.7 Å². The van der Waals surface area contributed by atoms with Gasteiger partial charge in [0.1, 0.15) is 17.9 Å². The van der Waals surface area contributed by atoms with Gasteiger partial charge in [-0.05, 0) is 12.1 Å². The second-order valence-electron chi connectivity index (χ2n) is 6.16. The molecule has 11 heteroatoms. The van der Waals surface area contributed by atoms with Crippen LogP contribution in [0.1, 0.15) is 5.56 Å². The number of anilines is 1. The first kappa shape index (κ1) is 18.6. The van der Waals surface area contributed by atoms with Crippen LogP contribution < -0.4 is 5.32 Å². The molecule has 0 unspecified atom stereocenters. The fourth-order valence-electron chi connectivity index (χ4n) is 2.80. The Labute approximate surface area is 160 Å². The molecule has 1 amide bonds. The summed E-state index contributed by atoms with van der Waals surface area (Å²) in [6.45, 7) is -0.601. The summed E-state index contributed by atoms with van der Waals surface area (Å²) in [6.07, 6.45) is 2.56. The number of carbonyl (C=O) groups is 1. The van der Waals surface area contributed by atoms with E-state index in [-0.39, 0.29) is 18.3 Å². The molecule has 148 valence electrons. The molecule has 0 spiro atoms. The van der Waals surface area contributed by atoms with Gasteiger partial charge in [-0.15, -0.1) is 5.10 Å². The number of nitrogens with one attached hydrogen (secondary N) is 1. The lowest BCUT2D eigenvalue weighted by Gasteiger charge is -2.07. The molecule has 7 nitrogen and oxygen atoms in total. The van der Waals surface area contributed by atoms with Gasteiger partial charge >= 0.3 is 0 Å². The largest absolute Gasteiger partial charge is 0.322 e. The minimum absolute atomic E-state index is 0.113. The van der Waals surface area contributed by atoms with E-state index in [0.717, 1.165) is 4.68 Å². The monoisotopic (exact) mass is 404 g/mol. The van der Waals surface area contributed by atoms with Crippen LogP contribution in [0.2, 0.25) is 0 Å². The van der Waals surface area contributed by atoms with Crippen molar-refractivity contribution in [1.29, 1.82) is 0 Å². The second kappa shape index (κ2) is 7.34. The average molecular weight is 404 g/mol. The predicted octanol–water partition coefficient (Wildman–Crippen LogP) is 2.87. The van der Waals surface area contributed by atoms with Gasteiger partial charge in [0.25, 0.3) is 0 Å². The number of hydrogen-bond donors (Lipinski definition) is 1. The van der Waals surface area contributed by atoms with E-state index in [1.807, 2.05) is 0 Å². The molecule has 4 aromatic rings. The SMILES string of the molecule is O=C(Cn1nnc2ccccc21)Nc1cnn(Cc2c(F)cc(F)c(F)c2F)c1. The van der Waals surface area contributed by atoms with E-state index < -0.39 is 41.3 Å². The zero-order valence-corrected chi connectivity index (χ0v) is 14.6. The molecule has 2 heterocycles. The zero-order valence-electron chi connectivity index (χ0n) is 14.6. The van der Waals surface area contributed by atoms with Gasteiger partial charge in [-0.25, -0.2) is 22.2 Å². The molecule has 0 aliphatic rings. The number of fused-ring (bicyclic) bond motifs is 1. The van der Waals surface area contributed by atoms with Gasteiger partial charge in [0.05, 0.1) is 23.9 Å². The topological polar surface area (TPSA) is 77.6 Å². The standard InChI is InChI=1S/C18H12F4N6O/c19-12-5-13(20)18(22)17(21)11(12)8-27-7-10(6-23-27)24-16(29)9-28-15-4-2-1-3-14(15)25-26-28/h1-7H,8-9H2,(H,24,29). The summed E-state index contributed by atoms with van der Waals surface area (Å²) in [5.41, 5.74) is 0.896. The summed E-state index contributed by atoms with van der Waals surface area (Å²) in [4.78, 5) is 12.2. The summed E-state index contributed by atoms with van der Waals surface area (Å²) >= 11 is 0. The van der Waals surface area contributed by atoms with E-state index in [1.165, 1.54) is 17.1 Å². The lowest BCUT2D eigenvalue weighted by Crippen LogP contribution is -2.19. The van der Waals surface area contributed by atoms with Crippen molar-refractivity contribution in [2.75, 3.05) is 5.32 Å². The van der Waals surface area contributed by atoms with Gasteiger partial charge < -0.3 is 5.32 Å². The zero-order chi connectivity index (χ0) is 20.5. The normalized spacial score (nSPS) is 11.2. The van der Waals surface area contributed by atoms with Crippen LogP contribution in [0.4, 0.5) is 23.2 Å². The van der Waals surface area contributed by atoms with Crippen LogP contribution >= 0.6 is 0 Å². The van der Waals surface area contributed by atoms with Crippen LogP contribution in [0, 0.1) is 23.3 Å². The van der Waals surface area contributed by atoms with Crippen LogP contribution in [0.3, 0.4) is 0 Å². The number of hydrogen-bond acceptors (Lipinski definition) is 4. The third-order valence-electron chi connectivity index (χ3n) is 4.16. The molecule has 0 saturated heterocycles. The van der Waals surface area contributed by atoms with E-state index >= 15 is 0 Å². The molecule has 0 fully saturated rings. The molecule has 4 rings (SSSR count). The number of rotatable bonds is 5. The number of carbonyl (C=O) groups excluding carboxylic acids is 1. The quantitative estimate of drug-likeness (QED) is 0.315. The summed E-state index contributed by atoms with van der Waals surface area (Å²) in [6, 6.07) is 7.39. The Morgan fingerprint density at radius 3 is 2.69 bits per heavy atom. The maximum absolute atomic E-state index is 13.8. The summed E-state index contributed by atoms with van der Waals surface area (Å²) < 4.78 is 56.4. The van der Waals surface area contributed by atoms with Crippen molar-refractivity contribution in [2.45, 2.75) is 13.1 Å². The highest BCUT2D eigenvalue weighted by Crippen LogP contribution is 2.20. The Morgan fingerprint density at radius 1 is 1.07 bits per heavy atom. The van der Waals surface area contributed by atoms with Gasteiger partial charge in [-0.3, -0.25) is 9.48 Å². The third kappa shape index (κ3) is 3.66. The van der Waals surface area contributed by atoms with Crippen molar-refractivity contribution in [3.8, 4) is 0 Å². The number of benzene rings is 2. The van der Waals surface area contributed by atoms with Crippen molar-refractivity contribution in [1.82, 2.24) is 24.8 Å². The smallest absolute Gasteiger partial charge is 0.246 e. The molecule has 0 saturated carbocycles. The summed E-state index contributed by atoms with van der Waals surface area (Å²) in [5, 5.41) is 14.3. The molecule has 0 aliphatic heterocycles. The number of aromatic nitrogens is 5. The Kier molecular flexibility index (Phi) is 4.71. The van der Waals surface area contributed by atoms with Crippen LogP contribution in [-0.2, 0) is 17.9 Å². The molecule has 0 radical (unpaired) electrons. The highest BCUT2D eigenvalue weighted by molar-refractivity contribution is 5.91. The maximum atomic E-state index is 13.8. The van der Waals surface area contributed by atoms with Crippen LogP contribution in [0.5, 0.6) is 0 Å². The van der Waals surface area contributed by atoms with Crippen molar-refractivity contribution in [3.63, 3.8) is 0 Å². The van der Waals surface area contributed by atoms with E-state index in [0.29, 0.717) is 11.0 Å². The first-order valence-corrected chi connectivity index (χ1v) is 8.35. The van der Waals surface area contributed by atoms with Gasteiger partial charge in [0, 0.05) is 17.8 Å². The van der Waals surface area contributed by atoms with E-state index in [1.54, 1.807) is 24.3 Å². The number of nitrogens with zero attached hydrogens (tertiary/aromatic N) is 5. The molecule has 0 aliphatic carbocycles. The van der Waals surface area contributed by atoms with E-state index in [4.69, 9.17) is 0 Å². The third-order valence-corrected chi connectivity index (χ3v) is 4.16. The Bertz CT molecular complexity index is 1220. The van der Waals surface area contributed by atoms with Crippen molar-refractivity contribution >= 4 is 22.6 Å². The molecule has 2 aromatic heterocycles. The average Bonchev–Trinajstić information content (AvgIpc) is 3.30.